The van der Waals surface area contributed by atoms with Crippen LogP contribution in [0.4, 0.5) is 11.4 Å². The van der Waals surface area contributed by atoms with Crippen LogP contribution < -0.4 is 11.1 Å². The summed E-state index contributed by atoms with van der Waals surface area (Å²) in [5.74, 6) is -0.822. The maximum absolute atomic E-state index is 11.0. The molecule has 1 aromatic rings. The number of nitrogens with two attached hydrogens (primary N) is 1. The molecule has 0 radical (unpaired) electrons. The molecule has 0 aliphatic rings. The summed E-state index contributed by atoms with van der Waals surface area (Å²) in [5.41, 5.74) is 2.96. The van der Waals surface area contributed by atoms with Gasteiger partial charge in [-0.25, -0.2) is 0 Å². The zero-order valence-corrected chi connectivity index (χ0v) is 10.4. The van der Waals surface area contributed by atoms with Crippen LogP contribution in [0.2, 0.25) is 0 Å². The second kappa shape index (κ2) is 6.28. The molecule has 0 aliphatic heterocycles. The van der Waals surface area contributed by atoms with E-state index in [-0.39, 0.29) is 11.3 Å². The highest BCUT2D eigenvalue weighted by Gasteiger charge is 2.30. The molecule has 6 N–H and O–H groups in total. The first-order valence-corrected chi connectivity index (χ1v) is 5.58. The van der Waals surface area contributed by atoms with Crippen LogP contribution in [0.5, 0.6) is 0 Å². The smallest absolute Gasteiger partial charge is 0.293 e. The second-order valence-electron chi connectivity index (χ2n) is 4.23. The van der Waals surface area contributed by atoms with Gasteiger partial charge in [-0.1, -0.05) is 0 Å². The first kappa shape index (κ1) is 15.8. The van der Waals surface area contributed by atoms with E-state index >= 15 is 0 Å². The molecule has 0 heterocycles. The monoisotopic (exact) mass is 285 g/mol. The van der Waals surface area contributed by atoms with Crippen molar-refractivity contribution in [3.8, 4) is 0 Å². The summed E-state index contributed by atoms with van der Waals surface area (Å²) in [6.07, 6.45) is 0. The van der Waals surface area contributed by atoms with E-state index in [0.717, 1.165) is 6.07 Å². The van der Waals surface area contributed by atoms with Gasteiger partial charge in [0, 0.05) is 11.6 Å². The maximum Gasteiger partial charge on any atom is 0.293 e. The molecule has 0 spiro atoms. The number of carbonyl (C=O) groups excluding carboxylic acids is 1. The lowest BCUT2D eigenvalue weighted by Crippen LogP contribution is -2.49. The zero-order valence-electron chi connectivity index (χ0n) is 10.4. The molecule has 1 amide bonds. The number of benzene rings is 1. The predicted molar refractivity (Wildman–Crippen MR) is 69.2 cm³/mol. The van der Waals surface area contributed by atoms with Gasteiger partial charge in [0.05, 0.1) is 24.7 Å². The van der Waals surface area contributed by atoms with Crippen molar-refractivity contribution in [2.24, 2.45) is 5.73 Å². The number of hydrogen-bond acceptors (Lipinski definition) is 7. The summed E-state index contributed by atoms with van der Waals surface area (Å²) < 4.78 is 0. The molecule has 1 aromatic carbocycles. The van der Waals surface area contributed by atoms with Crippen LogP contribution in [0.1, 0.15) is 10.4 Å². The number of amides is 1. The van der Waals surface area contributed by atoms with Crippen LogP contribution in [0, 0.1) is 10.1 Å². The molecule has 1 rings (SSSR count). The highest BCUT2D eigenvalue weighted by atomic mass is 16.6. The molecule has 0 atom stereocenters. The topological polar surface area (TPSA) is 159 Å². The van der Waals surface area contributed by atoms with Crippen LogP contribution in [0.15, 0.2) is 18.2 Å². The first-order valence-electron chi connectivity index (χ1n) is 5.58. The molecule has 0 aliphatic carbocycles. The van der Waals surface area contributed by atoms with E-state index in [1.165, 1.54) is 12.1 Å². The Bertz CT molecular complexity index is 507. The highest BCUT2D eigenvalue weighted by molar-refractivity contribution is 5.94. The fraction of sp³-hybridized carbons (Fsp3) is 0.364. The third-order valence-corrected chi connectivity index (χ3v) is 2.79. The van der Waals surface area contributed by atoms with Crippen LogP contribution in [-0.4, -0.2) is 51.5 Å². The molecule has 0 unspecified atom stereocenters. The molecular weight excluding hydrogens is 270 g/mol. The third kappa shape index (κ3) is 3.20. The number of hydrogen-bond donors (Lipinski definition) is 5. The minimum Gasteiger partial charge on any atom is -0.394 e. The zero-order chi connectivity index (χ0) is 15.3. The molecule has 9 nitrogen and oxygen atoms in total. The van der Waals surface area contributed by atoms with E-state index in [0.29, 0.717) is 0 Å². The number of nitro benzene ring substituents is 1. The van der Waals surface area contributed by atoms with Gasteiger partial charge in [0.25, 0.3) is 5.69 Å². The van der Waals surface area contributed by atoms with Crippen molar-refractivity contribution in [2.45, 2.75) is 5.54 Å². The minimum absolute atomic E-state index is 0.0511. The van der Waals surface area contributed by atoms with Crippen molar-refractivity contribution in [3.05, 3.63) is 33.9 Å². The van der Waals surface area contributed by atoms with Gasteiger partial charge in [0.15, 0.2) is 0 Å². The Morgan fingerprint density at radius 1 is 1.30 bits per heavy atom. The lowest BCUT2D eigenvalue weighted by molar-refractivity contribution is -0.384. The van der Waals surface area contributed by atoms with E-state index in [1.54, 1.807) is 0 Å². The van der Waals surface area contributed by atoms with Crippen molar-refractivity contribution in [1.29, 1.82) is 0 Å². The molecule has 20 heavy (non-hydrogen) atoms. The van der Waals surface area contributed by atoms with Gasteiger partial charge < -0.3 is 26.4 Å². The van der Waals surface area contributed by atoms with Crippen molar-refractivity contribution < 1.29 is 25.0 Å². The largest absolute Gasteiger partial charge is 0.394 e. The number of nitrogens with one attached hydrogen (secondary N) is 1. The number of anilines is 1. The second-order valence-corrected chi connectivity index (χ2v) is 4.23. The number of aliphatic hydroxyl groups excluding tert-OH is 3. The van der Waals surface area contributed by atoms with E-state index in [2.05, 4.69) is 5.32 Å². The summed E-state index contributed by atoms with van der Waals surface area (Å²) in [6, 6.07) is 3.45. The Hall–Kier alpha value is -2.23. The Morgan fingerprint density at radius 3 is 2.25 bits per heavy atom. The van der Waals surface area contributed by atoms with Gasteiger partial charge in [-0.3, -0.25) is 14.9 Å². The normalized spacial score (nSPS) is 11.2. The molecule has 0 saturated carbocycles. The van der Waals surface area contributed by atoms with Crippen molar-refractivity contribution in [1.82, 2.24) is 0 Å². The van der Waals surface area contributed by atoms with E-state index < -0.39 is 41.9 Å². The van der Waals surface area contributed by atoms with Crippen molar-refractivity contribution >= 4 is 17.3 Å². The number of aliphatic hydroxyl groups is 3. The standard InChI is InChI=1S/C11H15N3O6/c12-10(18)7-1-2-8(9(3-7)14(19)20)13-11(4-15,5-16)6-17/h1-3,13,15-17H,4-6H2,(H2,12,18). The maximum atomic E-state index is 11.0. The van der Waals surface area contributed by atoms with Crippen LogP contribution in [0.3, 0.4) is 0 Å². The predicted octanol–water partition coefficient (Wildman–Crippen LogP) is -1.18. The molecule has 110 valence electrons. The Morgan fingerprint density at radius 2 is 1.85 bits per heavy atom. The minimum atomic E-state index is -1.51. The molecular formula is C11H15N3O6. The van der Waals surface area contributed by atoms with Crippen molar-refractivity contribution in [3.63, 3.8) is 0 Å². The SMILES string of the molecule is NC(=O)c1ccc(NC(CO)(CO)CO)c([N+](=O)[O-])c1. The van der Waals surface area contributed by atoms with Gasteiger partial charge >= 0.3 is 0 Å². The lowest BCUT2D eigenvalue weighted by atomic mass is 10.0. The Balaban J connectivity index is 3.24. The van der Waals surface area contributed by atoms with Gasteiger partial charge in [-0.2, -0.15) is 0 Å². The first-order chi connectivity index (χ1) is 9.39. The lowest BCUT2D eigenvalue weighted by Gasteiger charge is -2.29. The van der Waals surface area contributed by atoms with E-state index in [1.807, 2.05) is 0 Å². The number of nitrogens with zero attached hydrogens (tertiary/aromatic N) is 1. The fourth-order valence-electron chi connectivity index (χ4n) is 1.50. The number of primary amides is 1. The van der Waals surface area contributed by atoms with Gasteiger partial charge in [0.2, 0.25) is 5.91 Å². The molecule has 0 saturated heterocycles. The summed E-state index contributed by atoms with van der Waals surface area (Å²) in [5, 5.41) is 41.0. The van der Waals surface area contributed by atoms with Crippen molar-refractivity contribution in [2.75, 3.05) is 25.1 Å². The quantitative estimate of drug-likeness (QED) is 0.311. The molecule has 0 aromatic heterocycles. The number of carbonyl (C=O) groups is 1. The molecule has 9 heteroatoms. The average molecular weight is 285 g/mol. The van der Waals surface area contributed by atoms with Crippen LogP contribution >= 0.6 is 0 Å². The van der Waals surface area contributed by atoms with E-state index in [4.69, 9.17) is 5.73 Å². The highest BCUT2D eigenvalue weighted by Crippen LogP contribution is 2.28. The van der Waals surface area contributed by atoms with Gasteiger partial charge in [0.1, 0.15) is 11.2 Å². The third-order valence-electron chi connectivity index (χ3n) is 2.79. The summed E-state index contributed by atoms with van der Waals surface area (Å²) >= 11 is 0. The van der Waals surface area contributed by atoms with Gasteiger partial charge in [-0.15, -0.1) is 0 Å². The Kier molecular flexibility index (Phi) is 4.97. The average Bonchev–Trinajstić information content (AvgIpc) is 2.44. The summed E-state index contributed by atoms with van der Waals surface area (Å²) in [4.78, 5) is 21.2. The number of nitro groups is 1. The van der Waals surface area contributed by atoms with E-state index in [9.17, 15) is 30.2 Å². The summed E-state index contributed by atoms with van der Waals surface area (Å²) in [6.45, 7) is -1.93. The van der Waals surface area contributed by atoms with Crippen LogP contribution in [0.25, 0.3) is 0 Å². The fourth-order valence-corrected chi connectivity index (χ4v) is 1.50. The summed E-state index contributed by atoms with van der Waals surface area (Å²) in [7, 11) is 0. The molecule has 0 fully saturated rings. The van der Waals surface area contributed by atoms with Gasteiger partial charge in [-0.05, 0) is 12.1 Å². The Labute approximate surface area is 113 Å². The molecule has 0 bridgehead atoms. The number of rotatable bonds is 7. The van der Waals surface area contributed by atoms with Crippen LogP contribution in [-0.2, 0) is 0 Å².